The van der Waals surface area contributed by atoms with E-state index in [9.17, 15) is 9.59 Å². The predicted octanol–water partition coefficient (Wildman–Crippen LogP) is 0.589. The van der Waals surface area contributed by atoms with Crippen molar-refractivity contribution in [3.05, 3.63) is 35.9 Å². The van der Waals surface area contributed by atoms with Crippen molar-refractivity contribution in [2.24, 2.45) is 5.73 Å². The molecule has 1 rings (SSSR count). The molecule has 110 valence electrons. The number of nitrogens with one attached hydrogen (secondary N) is 2. The molecule has 0 saturated carbocycles. The van der Waals surface area contributed by atoms with Gasteiger partial charge in [0.1, 0.15) is 0 Å². The number of carbonyl (C=O) groups is 2. The van der Waals surface area contributed by atoms with Crippen molar-refractivity contribution in [2.45, 2.75) is 32.2 Å². The Morgan fingerprint density at radius 1 is 1.15 bits per heavy atom. The van der Waals surface area contributed by atoms with Gasteiger partial charge >= 0.3 is 0 Å². The smallest absolute Gasteiger partial charge is 0.239 e. The largest absolute Gasteiger partial charge is 0.354 e. The van der Waals surface area contributed by atoms with Crippen molar-refractivity contribution in [1.82, 2.24) is 10.6 Å². The van der Waals surface area contributed by atoms with E-state index in [4.69, 9.17) is 5.73 Å². The zero-order chi connectivity index (χ0) is 14.8. The number of nitrogens with two attached hydrogens (primary N) is 1. The fraction of sp³-hybridized carbons (Fsp3) is 0.467. The lowest BCUT2D eigenvalue weighted by atomic mass is 10.1. The summed E-state index contributed by atoms with van der Waals surface area (Å²) in [5.74, 6) is -0.310. The molecule has 1 unspecified atom stereocenters. The fourth-order valence-corrected chi connectivity index (χ4v) is 1.68. The van der Waals surface area contributed by atoms with Crippen LogP contribution in [0.3, 0.4) is 0 Å². The Morgan fingerprint density at radius 2 is 1.85 bits per heavy atom. The third-order valence-corrected chi connectivity index (χ3v) is 2.85. The van der Waals surface area contributed by atoms with Crippen molar-refractivity contribution in [3.63, 3.8) is 0 Å². The maximum Gasteiger partial charge on any atom is 0.239 e. The van der Waals surface area contributed by atoms with E-state index in [0.717, 1.165) is 6.42 Å². The molecule has 2 amide bonds. The first-order valence-electron chi connectivity index (χ1n) is 6.91. The predicted molar refractivity (Wildman–Crippen MR) is 79.0 cm³/mol. The van der Waals surface area contributed by atoms with Crippen LogP contribution in [0.4, 0.5) is 0 Å². The van der Waals surface area contributed by atoms with Gasteiger partial charge in [0.15, 0.2) is 0 Å². The van der Waals surface area contributed by atoms with Crippen LogP contribution in [0.2, 0.25) is 0 Å². The maximum atomic E-state index is 11.5. The Bertz CT molecular complexity index is 418. The average Bonchev–Trinajstić information content (AvgIpc) is 2.44. The molecule has 1 atom stereocenters. The number of amides is 2. The number of hydrogen-bond donors (Lipinski definition) is 3. The van der Waals surface area contributed by atoms with Gasteiger partial charge in [-0.05, 0) is 25.3 Å². The molecule has 0 heterocycles. The van der Waals surface area contributed by atoms with Crippen LogP contribution in [0.1, 0.15) is 25.3 Å². The van der Waals surface area contributed by atoms with Gasteiger partial charge in [-0.15, -0.1) is 0 Å². The van der Waals surface area contributed by atoms with Gasteiger partial charge in [-0.2, -0.15) is 0 Å². The summed E-state index contributed by atoms with van der Waals surface area (Å²) in [6.45, 7) is 2.44. The van der Waals surface area contributed by atoms with E-state index in [1.807, 2.05) is 37.3 Å². The summed E-state index contributed by atoms with van der Waals surface area (Å²) < 4.78 is 0. The van der Waals surface area contributed by atoms with Gasteiger partial charge < -0.3 is 16.4 Å². The molecule has 0 aliphatic heterocycles. The topological polar surface area (TPSA) is 84.2 Å². The summed E-state index contributed by atoms with van der Waals surface area (Å²) in [4.78, 5) is 22.9. The van der Waals surface area contributed by atoms with Crippen LogP contribution in [-0.2, 0) is 16.0 Å². The van der Waals surface area contributed by atoms with Gasteiger partial charge in [0, 0.05) is 19.0 Å². The van der Waals surface area contributed by atoms with E-state index in [0.29, 0.717) is 19.4 Å². The summed E-state index contributed by atoms with van der Waals surface area (Å²) in [6, 6.07) is 9.93. The Hall–Kier alpha value is -1.88. The zero-order valence-electron chi connectivity index (χ0n) is 11.9. The van der Waals surface area contributed by atoms with E-state index in [-0.39, 0.29) is 24.4 Å². The highest BCUT2D eigenvalue weighted by molar-refractivity contribution is 5.84. The van der Waals surface area contributed by atoms with Crippen LogP contribution in [-0.4, -0.2) is 30.9 Å². The molecule has 0 spiro atoms. The van der Waals surface area contributed by atoms with Gasteiger partial charge in [0.25, 0.3) is 0 Å². The van der Waals surface area contributed by atoms with Crippen molar-refractivity contribution in [3.8, 4) is 0 Å². The second kappa shape index (κ2) is 9.09. The number of carbonyl (C=O) groups excluding carboxylic acids is 2. The fourth-order valence-electron chi connectivity index (χ4n) is 1.68. The normalized spacial score (nSPS) is 11.7. The van der Waals surface area contributed by atoms with Crippen molar-refractivity contribution >= 4 is 11.8 Å². The van der Waals surface area contributed by atoms with Crippen molar-refractivity contribution in [1.29, 1.82) is 0 Å². The maximum absolute atomic E-state index is 11.5. The van der Waals surface area contributed by atoms with Crippen LogP contribution in [0.5, 0.6) is 0 Å². The highest BCUT2D eigenvalue weighted by Gasteiger charge is 2.06. The first-order chi connectivity index (χ1) is 9.58. The van der Waals surface area contributed by atoms with Gasteiger partial charge in [-0.1, -0.05) is 30.3 Å². The SMILES string of the molecule is CC(N)CCC(=O)NCC(=O)NCCc1ccccc1. The van der Waals surface area contributed by atoms with E-state index < -0.39 is 0 Å². The Kier molecular flexibility index (Phi) is 7.35. The van der Waals surface area contributed by atoms with Crippen LogP contribution >= 0.6 is 0 Å². The molecule has 5 nitrogen and oxygen atoms in total. The second-order valence-corrected chi connectivity index (χ2v) is 4.88. The molecule has 0 aliphatic carbocycles. The van der Waals surface area contributed by atoms with E-state index in [1.165, 1.54) is 5.56 Å². The molecule has 5 heteroatoms. The molecule has 1 aromatic carbocycles. The quantitative estimate of drug-likeness (QED) is 0.650. The summed E-state index contributed by atoms with van der Waals surface area (Å²) in [7, 11) is 0. The molecule has 0 fully saturated rings. The summed E-state index contributed by atoms with van der Waals surface area (Å²) in [5, 5.41) is 5.35. The minimum absolute atomic E-state index is 0.000416. The molecular formula is C15H23N3O2. The van der Waals surface area contributed by atoms with Crippen LogP contribution < -0.4 is 16.4 Å². The van der Waals surface area contributed by atoms with Gasteiger partial charge in [0.2, 0.25) is 11.8 Å². The number of rotatable bonds is 8. The monoisotopic (exact) mass is 277 g/mol. The number of benzene rings is 1. The number of hydrogen-bond acceptors (Lipinski definition) is 3. The highest BCUT2D eigenvalue weighted by atomic mass is 16.2. The van der Waals surface area contributed by atoms with Crippen LogP contribution in [0.15, 0.2) is 30.3 Å². The summed E-state index contributed by atoms with van der Waals surface area (Å²) in [6.07, 6.45) is 1.77. The molecule has 4 N–H and O–H groups in total. The summed E-state index contributed by atoms with van der Waals surface area (Å²) >= 11 is 0. The third kappa shape index (κ3) is 7.53. The standard InChI is InChI=1S/C15H23N3O2/c1-12(16)7-8-14(19)18-11-15(20)17-10-9-13-5-3-2-4-6-13/h2-6,12H,7-11,16H2,1H3,(H,17,20)(H,18,19). The molecule has 0 aliphatic rings. The minimum atomic E-state index is -0.171. The molecule has 0 bridgehead atoms. The van der Waals surface area contributed by atoms with E-state index in [2.05, 4.69) is 10.6 Å². The lowest BCUT2D eigenvalue weighted by Crippen LogP contribution is -2.38. The Labute approximate surface area is 119 Å². The molecule has 0 saturated heterocycles. The van der Waals surface area contributed by atoms with E-state index in [1.54, 1.807) is 0 Å². The zero-order valence-corrected chi connectivity index (χ0v) is 11.9. The molecule has 0 radical (unpaired) electrons. The Morgan fingerprint density at radius 3 is 2.50 bits per heavy atom. The lowest BCUT2D eigenvalue weighted by Gasteiger charge is -2.08. The molecule has 0 aromatic heterocycles. The minimum Gasteiger partial charge on any atom is -0.354 e. The van der Waals surface area contributed by atoms with Crippen molar-refractivity contribution < 1.29 is 9.59 Å². The van der Waals surface area contributed by atoms with Gasteiger partial charge in [-0.3, -0.25) is 9.59 Å². The first-order valence-corrected chi connectivity index (χ1v) is 6.91. The van der Waals surface area contributed by atoms with Crippen LogP contribution in [0.25, 0.3) is 0 Å². The highest BCUT2D eigenvalue weighted by Crippen LogP contribution is 1.98. The van der Waals surface area contributed by atoms with Crippen molar-refractivity contribution in [2.75, 3.05) is 13.1 Å². The molecule has 20 heavy (non-hydrogen) atoms. The second-order valence-electron chi connectivity index (χ2n) is 4.88. The molecule has 1 aromatic rings. The van der Waals surface area contributed by atoms with E-state index >= 15 is 0 Å². The third-order valence-electron chi connectivity index (χ3n) is 2.85. The van der Waals surface area contributed by atoms with Crippen LogP contribution in [0, 0.1) is 0 Å². The Balaban J connectivity index is 2.10. The van der Waals surface area contributed by atoms with Gasteiger partial charge in [0.05, 0.1) is 6.54 Å². The lowest BCUT2D eigenvalue weighted by molar-refractivity contribution is -0.126. The summed E-state index contributed by atoms with van der Waals surface area (Å²) in [5.41, 5.74) is 6.73. The first kappa shape index (κ1) is 16.2. The van der Waals surface area contributed by atoms with Gasteiger partial charge in [-0.25, -0.2) is 0 Å². The molecular weight excluding hydrogens is 254 g/mol. The average molecular weight is 277 g/mol.